The number of nitrogens with one attached hydrogen (secondary N) is 3. The Morgan fingerprint density at radius 2 is 2.00 bits per heavy atom. The quantitative estimate of drug-likeness (QED) is 0.541. The maximum Gasteiger partial charge on any atom is 0.326 e. The van der Waals surface area contributed by atoms with Gasteiger partial charge in [-0.05, 0) is 30.7 Å². The van der Waals surface area contributed by atoms with Crippen LogP contribution >= 0.6 is 0 Å². The molecule has 0 aromatic carbocycles. The van der Waals surface area contributed by atoms with Gasteiger partial charge in [-0.2, -0.15) is 0 Å². The van der Waals surface area contributed by atoms with Crippen molar-refractivity contribution in [3.05, 3.63) is 54.5 Å². The molecule has 3 rings (SSSR count). The smallest absolute Gasteiger partial charge is 0.326 e. The Morgan fingerprint density at radius 3 is 2.71 bits per heavy atom. The van der Waals surface area contributed by atoms with Crippen molar-refractivity contribution >= 4 is 23.5 Å². The largest absolute Gasteiger partial charge is 0.352 e. The van der Waals surface area contributed by atoms with Crippen LogP contribution in [-0.2, 0) is 0 Å². The molecule has 144 valence electrons. The van der Waals surface area contributed by atoms with Crippen LogP contribution in [0.25, 0.3) is 11.4 Å². The lowest BCUT2D eigenvalue weighted by atomic mass is 10.1. The third-order valence-electron chi connectivity index (χ3n) is 3.79. The normalized spacial score (nSPS) is 10.3. The predicted octanol–water partition coefficient (Wildman–Crippen LogP) is 3.31. The maximum atomic E-state index is 12.7. The van der Waals surface area contributed by atoms with E-state index in [1.54, 1.807) is 42.7 Å². The zero-order valence-corrected chi connectivity index (χ0v) is 15.3. The first-order valence-electron chi connectivity index (χ1n) is 8.86. The molecule has 3 heterocycles. The van der Waals surface area contributed by atoms with Crippen LogP contribution in [0.1, 0.15) is 30.1 Å². The van der Waals surface area contributed by atoms with Crippen molar-refractivity contribution in [1.29, 1.82) is 0 Å². The molecule has 3 aromatic rings. The standard InChI is InChI=1S/C19H20N6O3/c1-2-3-10-22-17(26)15-16(14-8-4-5-11-21-14)25-28-18(15)24-19(27)23-13-7-6-9-20-12-13/h4-9,11-12H,2-3,10H2,1H3,(H,22,26)(H2,23,24,27). The Hall–Kier alpha value is -3.75. The molecule has 28 heavy (non-hydrogen) atoms. The van der Waals surface area contributed by atoms with Gasteiger partial charge in [0.15, 0.2) is 0 Å². The van der Waals surface area contributed by atoms with Gasteiger partial charge in [0.1, 0.15) is 11.3 Å². The van der Waals surface area contributed by atoms with Crippen LogP contribution in [0.3, 0.4) is 0 Å². The number of pyridine rings is 2. The van der Waals surface area contributed by atoms with Crippen molar-refractivity contribution in [2.45, 2.75) is 19.8 Å². The number of unbranched alkanes of at least 4 members (excludes halogenated alkanes) is 1. The molecule has 0 aliphatic carbocycles. The zero-order valence-electron chi connectivity index (χ0n) is 15.3. The molecule has 9 nitrogen and oxygen atoms in total. The van der Waals surface area contributed by atoms with Crippen LogP contribution in [0.4, 0.5) is 16.4 Å². The van der Waals surface area contributed by atoms with Gasteiger partial charge in [-0.25, -0.2) is 4.79 Å². The Kier molecular flexibility index (Phi) is 6.29. The summed E-state index contributed by atoms with van der Waals surface area (Å²) in [6.07, 6.45) is 6.45. The highest BCUT2D eigenvalue weighted by molar-refractivity contribution is 6.08. The van der Waals surface area contributed by atoms with E-state index >= 15 is 0 Å². The second kappa shape index (κ2) is 9.26. The molecule has 0 unspecified atom stereocenters. The van der Waals surface area contributed by atoms with Crippen molar-refractivity contribution in [1.82, 2.24) is 20.4 Å². The van der Waals surface area contributed by atoms with Crippen LogP contribution in [0, 0.1) is 0 Å². The van der Waals surface area contributed by atoms with Crippen LogP contribution in [0.5, 0.6) is 0 Å². The fourth-order valence-electron chi connectivity index (χ4n) is 2.43. The molecular formula is C19H20N6O3. The summed E-state index contributed by atoms with van der Waals surface area (Å²) < 4.78 is 5.25. The zero-order chi connectivity index (χ0) is 19.8. The van der Waals surface area contributed by atoms with Crippen molar-refractivity contribution in [3.8, 4) is 11.4 Å². The molecule has 3 N–H and O–H groups in total. The van der Waals surface area contributed by atoms with Crippen LogP contribution in [0.2, 0.25) is 0 Å². The van der Waals surface area contributed by atoms with Crippen molar-refractivity contribution in [3.63, 3.8) is 0 Å². The molecule has 0 saturated heterocycles. The predicted molar refractivity (Wildman–Crippen MR) is 104 cm³/mol. The number of rotatable bonds is 7. The van der Waals surface area contributed by atoms with E-state index in [0.29, 0.717) is 17.9 Å². The Labute approximate surface area is 161 Å². The van der Waals surface area contributed by atoms with E-state index in [0.717, 1.165) is 12.8 Å². The Morgan fingerprint density at radius 1 is 1.11 bits per heavy atom. The van der Waals surface area contributed by atoms with Gasteiger partial charge < -0.3 is 15.2 Å². The highest BCUT2D eigenvalue weighted by atomic mass is 16.5. The van der Waals surface area contributed by atoms with Gasteiger partial charge in [0.25, 0.3) is 5.91 Å². The summed E-state index contributed by atoms with van der Waals surface area (Å²) in [6, 6.07) is 8.03. The first-order chi connectivity index (χ1) is 13.7. The van der Waals surface area contributed by atoms with E-state index in [4.69, 9.17) is 4.52 Å². The second-order valence-electron chi connectivity index (χ2n) is 5.88. The lowest BCUT2D eigenvalue weighted by Crippen LogP contribution is -2.27. The number of hydrogen-bond donors (Lipinski definition) is 3. The van der Waals surface area contributed by atoms with E-state index in [-0.39, 0.29) is 17.1 Å². The molecule has 9 heteroatoms. The molecule has 3 amide bonds. The third-order valence-corrected chi connectivity index (χ3v) is 3.79. The molecule has 3 aromatic heterocycles. The van der Waals surface area contributed by atoms with E-state index < -0.39 is 11.9 Å². The lowest BCUT2D eigenvalue weighted by molar-refractivity contribution is 0.0954. The fourth-order valence-corrected chi connectivity index (χ4v) is 2.43. The molecule has 0 radical (unpaired) electrons. The number of urea groups is 1. The number of anilines is 2. The van der Waals surface area contributed by atoms with Crippen molar-refractivity contribution < 1.29 is 14.1 Å². The van der Waals surface area contributed by atoms with Crippen LogP contribution in [-0.4, -0.2) is 33.6 Å². The van der Waals surface area contributed by atoms with Crippen molar-refractivity contribution in [2.24, 2.45) is 0 Å². The SMILES string of the molecule is CCCCNC(=O)c1c(-c2ccccn2)noc1NC(=O)Nc1cccnc1. The van der Waals surface area contributed by atoms with Gasteiger partial charge in [-0.15, -0.1) is 0 Å². The number of aromatic nitrogens is 3. The summed E-state index contributed by atoms with van der Waals surface area (Å²) in [4.78, 5) is 33.1. The van der Waals surface area contributed by atoms with Gasteiger partial charge in [0.2, 0.25) is 5.88 Å². The summed E-state index contributed by atoms with van der Waals surface area (Å²) in [7, 11) is 0. The minimum atomic E-state index is -0.584. The van der Waals surface area contributed by atoms with Crippen LogP contribution < -0.4 is 16.0 Å². The average Bonchev–Trinajstić information content (AvgIpc) is 3.13. The Bertz CT molecular complexity index is 927. The summed E-state index contributed by atoms with van der Waals surface area (Å²) >= 11 is 0. The molecule has 0 fully saturated rings. The molecule has 0 aliphatic rings. The number of carbonyl (C=O) groups excluding carboxylic acids is 2. The van der Waals surface area contributed by atoms with Gasteiger partial charge in [-0.3, -0.25) is 20.1 Å². The Balaban J connectivity index is 1.84. The van der Waals surface area contributed by atoms with E-state index in [1.807, 2.05) is 6.92 Å². The second-order valence-corrected chi connectivity index (χ2v) is 5.88. The summed E-state index contributed by atoms with van der Waals surface area (Å²) in [5.41, 5.74) is 1.34. The molecular weight excluding hydrogens is 360 g/mol. The molecule has 0 bridgehead atoms. The summed E-state index contributed by atoms with van der Waals surface area (Å²) in [6.45, 7) is 2.53. The highest BCUT2D eigenvalue weighted by Crippen LogP contribution is 2.27. The van der Waals surface area contributed by atoms with Gasteiger partial charge in [0, 0.05) is 18.9 Å². The summed E-state index contributed by atoms with van der Waals surface area (Å²) in [5, 5.41) is 11.9. The summed E-state index contributed by atoms with van der Waals surface area (Å²) in [5.74, 6) is -0.455. The maximum absolute atomic E-state index is 12.7. The average molecular weight is 380 g/mol. The van der Waals surface area contributed by atoms with Crippen molar-refractivity contribution in [2.75, 3.05) is 17.2 Å². The number of nitrogens with zero attached hydrogens (tertiary/aromatic N) is 3. The number of amides is 3. The lowest BCUT2D eigenvalue weighted by Gasteiger charge is -2.08. The molecule has 0 saturated carbocycles. The van der Waals surface area contributed by atoms with Crippen LogP contribution in [0.15, 0.2) is 53.4 Å². The first kappa shape index (κ1) is 19.0. The van der Waals surface area contributed by atoms with E-state index in [1.165, 1.54) is 6.20 Å². The van der Waals surface area contributed by atoms with Gasteiger partial charge in [0.05, 0.1) is 17.6 Å². The fraction of sp³-hybridized carbons (Fsp3) is 0.211. The van der Waals surface area contributed by atoms with Gasteiger partial charge >= 0.3 is 6.03 Å². The first-order valence-corrected chi connectivity index (χ1v) is 8.86. The number of carbonyl (C=O) groups is 2. The third kappa shape index (κ3) is 4.70. The van der Waals surface area contributed by atoms with Gasteiger partial charge in [-0.1, -0.05) is 24.6 Å². The molecule has 0 aliphatic heterocycles. The molecule has 0 spiro atoms. The topological polar surface area (TPSA) is 122 Å². The monoisotopic (exact) mass is 380 g/mol. The minimum absolute atomic E-state index is 0.0592. The van der Waals surface area contributed by atoms with E-state index in [2.05, 4.69) is 31.1 Å². The van der Waals surface area contributed by atoms with E-state index in [9.17, 15) is 9.59 Å². The number of hydrogen-bond acceptors (Lipinski definition) is 6. The minimum Gasteiger partial charge on any atom is -0.352 e. The highest BCUT2D eigenvalue weighted by Gasteiger charge is 2.26. The molecule has 0 atom stereocenters.